The smallest absolute Gasteiger partial charge is 0.119 e. The van der Waals surface area contributed by atoms with Crippen molar-refractivity contribution in [2.75, 3.05) is 19.1 Å². The lowest BCUT2D eigenvalue weighted by molar-refractivity contribution is 0.415. The van der Waals surface area contributed by atoms with Crippen molar-refractivity contribution in [2.24, 2.45) is 0 Å². The molecule has 0 spiro atoms. The number of allylic oxidation sites excluding steroid dienone is 4. The van der Waals surface area contributed by atoms with E-state index in [9.17, 15) is 0 Å². The highest BCUT2D eigenvalue weighted by atomic mass is 16.5. The first-order valence-corrected chi connectivity index (χ1v) is 8.00. The first-order valence-electron chi connectivity index (χ1n) is 8.00. The molecule has 0 atom stereocenters. The van der Waals surface area contributed by atoms with Crippen LogP contribution in [0.2, 0.25) is 0 Å². The summed E-state index contributed by atoms with van der Waals surface area (Å²) in [5.74, 6) is 0.873. The number of anilines is 2. The van der Waals surface area contributed by atoms with Crippen LogP contribution in [0.5, 0.6) is 5.75 Å². The molecule has 2 nitrogen and oxygen atoms in total. The first kappa shape index (κ1) is 16.9. The molecule has 0 saturated heterocycles. The van der Waals surface area contributed by atoms with Crippen LogP contribution in [0.1, 0.15) is 25.8 Å². The van der Waals surface area contributed by atoms with E-state index in [1.807, 2.05) is 12.1 Å². The lowest BCUT2D eigenvalue weighted by Gasteiger charge is -2.20. The second-order valence-electron chi connectivity index (χ2n) is 5.37. The minimum absolute atomic E-state index is 0.873. The number of methoxy groups -OCH3 is 1. The summed E-state index contributed by atoms with van der Waals surface area (Å²) in [5.41, 5.74) is 4.82. The van der Waals surface area contributed by atoms with Gasteiger partial charge in [0.1, 0.15) is 5.75 Å². The van der Waals surface area contributed by atoms with Gasteiger partial charge in [0.25, 0.3) is 0 Å². The van der Waals surface area contributed by atoms with Crippen molar-refractivity contribution in [2.45, 2.75) is 20.3 Å². The maximum absolute atomic E-state index is 5.21. The summed E-state index contributed by atoms with van der Waals surface area (Å²) < 4.78 is 5.21. The summed E-state index contributed by atoms with van der Waals surface area (Å²) in [5, 5.41) is 0. The summed E-state index contributed by atoms with van der Waals surface area (Å²) in [4.78, 5) is 2.17. The molecule has 0 unspecified atom stereocenters. The van der Waals surface area contributed by atoms with Crippen LogP contribution in [0.3, 0.4) is 0 Å². The van der Waals surface area contributed by atoms with Crippen LogP contribution >= 0.6 is 0 Å². The van der Waals surface area contributed by atoms with E-state index in [1.165, 1.54) is 11.1 Å². The number of rotatable bonds is 6. The molecule has 0 heterocycles. The fourth-order valence-corrected chi connectivity index (χ4v) is 2.51. The van der Waals surface area contributed by atoms with Crippen LogP contribution in [0.15, 0.2) is 66.8 Å². The molecule has 0 aromatic heterocycles. The van der Waals surface area contributed by atoms with E-state index >= 15 is 0 Å². The summed E-state index contributed by atoms with van der Waals surface area (Å²) in [6.45, 7) is 4.21. The minimum Gasteiger partial charge on any atom is -0.497 e. The van der Waals surface area contributed by atoms with Crippen molar-refractivity contribution in [1.29, 1.82) is 0 Å². The lowest BCUT2D eigenvalue weighted by atomic mass is 10.0. The molecule has 2 aromatic carbocycles. The fraction of sp³-hybridized carbons (Fsp3) is 0.238. The van der Waals surface area contributed by atoms with Crippen LogP contribution in [-0.4, -0.2) is 14.2 Å². The second-order valence-corrected chi connectivity index (χ2v) is 5.37. The monoisotopic (exact) mass is 307 g/mol. The molecule has 0 aliphatic rings. The van der Waals surface area contributed by atoms with E-state index in [4.69, 9.17) is 4.74 Å². The van der Waals surface area contributed by atoms with E-state index in [-0.39, 0.29) is 0 Å². The van der Waals surface area contributed by atoms with Crippen LogP contribution in [0, 0.1) is 0 Å². The molecule has 0 N–H and O–H groups in total. The van der Waals surface area contributed by atoms with E-state index in [1.54, 1.807) is 7.11 Å². The minimum atomic E-state index is 0.873. The van der Waals surface area contributed by atoms with Crippen LogP contribution in [0.4, 0.5) is 11.4 Å². The van der Waals surface area contributed by atoms with Crippen LogP contribution in [0.25, 0.3) is 5.57 Å². The van der Waals surface area contributed by atoms with Crippen LogP contribution in [-0.2, 0) is 0 Å². The number of ether oxygens (including phenoxy) is 1. The maximum Gasteiger partial charge on any atom is 0.119 e. The first-order chi connectivity index (χ1) is 11.2. The lowest BCUT2D eigenvalue weighted by Crippen LogP contribution is -2.09. The van der Waals surface area contributed by atoms with E-state index in [0.717, 1.165) is 23.5 Å². The average Bonchev–Trinajstić information content (AvgIpc) is 2.61. The van der Waals surface area contributed by atoms with E-state index < -0.39 is 0 Å². The van der Waals surface area contributed by atoms with Gasteiger partial charge in [0, 0.05) is 18.4 Å². The summed E-state index contributed by atoms with van der Waals surface area (Å²) in [6, 6.07) is 16.8. The summed E-state index contributed by atoms with van der Waals surface area (Å²) in [6.07, 6.45) is 7.53. The van der Waals surface area contributed by atoms with Crippen molar-refractivity contribution in [3.05, 3.63) is 72.3 Å². The molecule has 0 radical (unpaired) electrons. The molecule has 2 heteroatoms. The Hall–Kier alpha value is -2.48. The van der Waals surface area contributed by atoms with Gasteiger partial charge >= 0.3 is 0 Å². The van der Waals surface area contributed by atoms with E-state index in [2.05, 4.69) is 80.4 Å². The third-order valence-corrected chi connectivity index (χ3v) is 3.82. The molecule has 0 amide bonds. The normalized spacial score (nSPS) is 11.7. The topological polar surface area (TPSA) is 12.5 Å². The molecular weight excluding hydrogens is 282 g/mol. The Labute approximate surface area is 139 Å². The molecule has 2 rings (SSSR count). The predicted octanol–water partition coefficient (Wildman–Crippen LogP) is 5.83. The third-order valence-electron chi connectivity index (χ3n) is 3.82. The van der Waals surface area contributed by atoms with Gasteiger partial charge in [-0.2, -0.15) is 0 Å². The van der Waals surface area contributed by atoms with Crippen LogP contribution < -0.4 is 9.64 Å². The second kappa shape index (κ2) is 8.23. The zero-order chi connectivity index (χ0) is 16.7. The molecule has 0 fully saturated rings. The van der Waals surface area contributed by atoms with Crippen molar-refractivity contribution in [1.82, 2.24) is 0 Å². The largest absolute Gasteiger partial charge is 0.497 e. The molecule has 0 aliphatic heterocycles. The van der Waals surface area contributed by atoms with Gasteiger partial charge < -0.3 is 9.64 Å². The third kappa shape index (κ3) is 4.26. The van der Waals surface area contributed by atoms with Gasteiger partial charge in [-0.3, -0.25) is 0 Å². The Morgan fingerprint density at radius 1 is 1.00 bits per heavy atom. The molecule has 23 heavy (non-hydrogen) atoms. The van der Waals surface area contributed by atoms with Crippen molar-refractivity contribution < 1.29 is 4.74 Å². The number of hydrogen-bond acceptors (Lipinski definition) is 2. The Morgan fingerprint density at radius 2 is 1.57 bits per heavy atom. The van der Waals surface area contributed by atoms with Crippen molar-refractivity contribution >= 4 is 16.9 Å². The molecular formula is C21H25NO. The molecule has 2 aromatic rings. The Morgan fingerprint density at radius 3 is 2.04 bits per heavy atom. The SMILES string of the molecule is C/C=C\C(=C/CC)c1ccc(N(C)c2ccc(OC)cc2)cc1. The molecule has 0 bridgehead atoms. The number of hydrogen-bond donors (Lipinski definition) is 0. The highest BCUT2D eigenvalue weighted by Gasteiger charge is 2.05. The summed E-state index contributed by atoms with van der Waals surface area (Å²) in [7, 11) is 3.76. The highest BCUT2D eigenvalue weighted by molar-refractivity contribution is 5.75. The fourth-order valence-electron chi connectivity index (χ4n) is 2.51. The zero-order valence-corrected chi connectivity index (χ0v) is 14.4. The highest BCUT2D eigenvalue weighted by Crippen LogP contribution is 2.27. The van der Waals surface area contributed by atoms with Gasteiger partial charge in [-0.05, 0) is 60.9 Å². The zero-order valence-electron chi connectivity index (χ0n) is 14.4. The van der Waals surface area contributed by atoms with Crippen molar-refractivity contribution in [3.8, 4) is 5.75 Å². The summed E-state index contributed by atoms with van der Waals surface area (Å²) >= 11 is 0. The van der Waals surface area contributed by atoms with Gasteiger partial charge in [-0.1, -0.05) is 37.3 Å². The van der Waals surface area contributed by atoms with Gasteiger partial charge in [0.2, 0.25) is 0 Å². The Balaban J connectivity index is 2.22. The van der Waals surface area contributed by atoms with Gasteiger partial charge in [-0.15, -0.1) is 0 Å². The predicted molar refractivity (Wildman–Crippen MR) is 101 cm³/mol. The number of nitrogens with zero attached hydrogens (tertiary/aromatic N) is 1. The van der Waals surface area contributed by atoms with Gasteiger partial charge in [0.05, 0.1) is 7.11 Å². The average molecular weight is 307 g/mol. The van der Waals surface area contributed by atoms with Gasteiger partial charge in [0.15, 0.2) is 0 Å². The Bertz CT molecular complexity index is 666. The van der Waals surface area contributed by atoms with Crippen molar-refractivity contribution in [3.63, 3.8) is 0 Å². The molecule has 120 valence electrons. The standard InChI is InChI=1S/C21H25NO/c1-5-7-17(8-6-2)18-9-11-19(12-10-18)22(3)20-13-15-21(23-4)16-14-20/h5,7-16H,6H2,1-4H3/b7-5-,17-8+. The Kier molecular flexibility index (Phi) is 6.04. The maximum atomic E-state index is 5.21. The number of benzene rings is 2. The van der Waals surface area contributed by atoms with Gasteiger partial charge in [-0.25, -0.2) is 0 Å². The quantitative estimate of drug-likeness (QED) is 0.622. The molecule has 0 saturated carbocycles. The molecule has 0 aliphatic carbocycles. The van der Waals surface area contributed by atoms with E-state index in [0.29, 0.717) is 0 Å².